The number of hydrogen-bond donors (Lipinski definition) is 1. The third-order valence-corrected chi connectivity index (χ3v) is 5.32. The Bertz CT molecular complexity index is 335. The lowest BCUT2D eigenvalue weighted by molar-refractivity contribution is -0.140. The van der Waals surface area contributed by atoms with Gasteiger partial charge in [0.25, 0.3) is 0 Å². The number of likely N-dealkylation sites (N-methyl/N-ethyl adjacent to an activating group) is 1. The lowest BCUT2D eigenvalue weighted by Gasteiger charge is -2.38. The number of likely N-dealkylation sites (tertiary alicyclic amines) is 1. The van der Waals surface area contributed by atoms with Crippen molar-refractivity contribution in [2.45, 2.75) is 39.7 Å². The Labute approximate surface area is 135 Å². The first-order valence-corrected chi connectivity index (χ1v) is 8.99. The highest BCUT2D eigenvalue weighted by atomic mass is 16.5. The van der Waals surface area contributed by atoms with Crippen molar-refractivity contribution in [3.8, 4) is 0 Å². The van der Waals surface area contributed by atoms with Gasteiger partial charge in [-0.25, -0.2) is 0 Å². The molecule has 2 rings (SSSR count). The first-order chi connectivity index (χ1) is 10.7. The lowest BCUT2D eigenvalue weighted by atomic mass is 9.87. The van der Waals surface area contributed by atoms with Crippen molar-refractivity contribution in [2.75, 3.05) is 52.4 Å². The molecule has 1 atom stereocenters. The molecule has 0 saturated carbocycles. The number of carbonyl (C=O) groups excluding carboxylic acids is 1. The monoisotopic (exact) mass is 311 g/mol. The maximum absolute atomic E-state index is 12.5. The second-order valence-corrected chi connectivity index (χ2v) is 6.63. The predicted molar refractivity (Wildman–Crippen MR) is 88.9 cm³/mol. The van der Waals surface area contributed by atoms with Gasteiger partial charge in [0.2, 0.25) is 5.91 Å². The summed E-state index contributed by atoms with van der Waals surface area (Å²) in [6, 6.07) is 0. The summed E-state index contributed by atoms with van der Waals surface area (Å²) in [6.07, 6.45) is 2.31. The molecule has 0 aromatic heterocycles. The van der Waals surface area contributed by atoms with Gasteiger partial charge in [0, 0.05) is 25.6 Å². The summed E-state index contributed by atoms with van der Waals surface area (Å²) in [6.45, 7) is 14.2. The zero-order chi connectivity index (χ0) is 15.9. The summed E-state index contributed by atoms with van der Waals surface area (Å²) in [5, 5.41) is 3.25. The Hall–Kier alpha value is -0.650. The third-order valence-electron chi connectivity index (χ3n) is 5.32. The van der Waals surface area contributed by atoms with E-state index in [1.54, 1.807) is 0 Å². The minimum atomic E-state index is 0.168. The smallest absolute Gasteiger partial charge is 0.225 e. The molecule has 2 aliphatic heterocycles. The Morgan fingerprint density at radius 2 is 1.91 bits per heavy atom. The van der Waals surface area contributed by atoms with Crippen molar-refractivity contribution in [1.82, 2.24) is 15.1 Å². The molecule has 2 heterocycles. The van der Waals surface area contributed by atoms with Crippen molar-refractivity contribution in [3.63, 3.8) is 0 Å². The summed E-state index contributed by atoms with van der Waals surface area (Å²) in [5.41, 5.74) is 0. The van der Waals surface area contributed by atoms with Gasteiger partial charge in [-0.2, -0.15) is 0 Å². The molecule has 0 aromatic carbocycles. The van der Waals surface area contributed by atoms with Gasteiger partial charge in [-0.3, -0.25) is 4.79 Å². The van der Waals surface area contributed by atoms with Gasteiger partial charge < -0.3 is 19.9 Å². The maximum atomic E-state index is 12.5. The van der Waals surface area contributed by atoms with Crippen molar-refractivity contribution in [3.05, 3.63) is 0 Å². The number of piperidine rings is 1. The van der Waals surface area contributed by atoms with Crippen LogP contribution in [0.2, 0.25) is 0 Å². The number of hydrogen-bond acceptors (Lipinski definition) is 4. The summed E-state index contributed by atoms with van der Waals surface area (Å²) >= 11 is 0. The highest BCUT2D eigenvalue weighted by Crippen LogP contribution is 2.21. The Morgan fingerprint density at radius 1 is 1.27 bits per heavy atom. The molecule has 22 heavy (non-hydrogen) atoms. The zero-order valence-corrected chi connectivity index (χ0v) is 14.5. The van der Waals surface area contributed by atoms with Crippen LogP contribution >= 0.6 is 0 Å². The largest absolute Gasteiger partial charge is 0.377 e. The molecule has 128 valence electrons. The van der Waals surface area contributed by atoms with Crippen molar-refractivity contribution >= 4 is 5.91 Å². The van der Waals surface area contributed by atoms with Crippen LogP contribution in [0.15, 0.2) is 0 Å². The van der Waals surface area contributed by atoms with Crippen LogP contribution < -0.4 is 5.32 Å². The molecular formula is C17H33N3O2. The van der Waals surface area contributed by atoms with Crippen LogP contribution in [0.5, 0.6) is 0 Å². The second kappa shape index (κ2) is 8.85. The van der Waals surface area contributed by atoms with E-state index >= 15 is 0 Å². The molecule has 2 saturated heterocycles. The molecule has 0 bridgehead atoms. The number of carbonyl (C=O) groups is 1. The molecule has 5 nitrogen and oxygen atoms in total. The average Bonchev–Trinajstić information content (AvgIpc) is 2.50. The summed E-state index contributed by atoms with van der Waals surface area (Å²) < 4.78 is 6.00. The van der Waals surface area contributed by atoms with Crippen LogP contribution in [0.25, 0.3) is 0 Å². The van der Waals surface area contributed by atoms with Crippen molar-refractivity contribution in [2.24, 2.45) is 11.8 Å². The minimum Gasteiger partial charge on any atom is -0.377 e. The van der Waals surface area contributed by atoms with Gasteiger partial charge in [-0.15, -0.1) is 0 Å². The fourth-order valence-electron chi connectivity index (χ4n) is 3.29. The predicted octanol–water partition coefficient (Wildman–Crippen LogP) is 1.19. The van der Waals surface area contributed by atoms with Crippen LogP contribution in [-0.2, 0) is 9.53 Å². The molecule has 5 heteroatoms. The van der Waals surface area contributed by atoms with Crippen LogP contribution in [0.3, 0.4) is 0 Å². The highest BCUT2D eigenvalue weighted by molar-refractivity contribution is 5.79. The Kier molecular flexibility index (Phi) is 7.12. The molecular weight excluding hydrogens is 278 g/mol. The van der Waals surface area contributed by atoms with Gasteiger partial charge in [0.1, 0.15) is 0 Å². The summed E-state index contributed by atoms with van der Waals surface area (Å²) in [7, 11) is 0. The van der Waals surface area contributed by atoms with E-state index in [-0.39, 0.29) is 5.92 Å². The minimum absolute atomic E-state index is 0.168. The maximum Gasteiger partial charge on any atom is 0.225 e. The normalized spacial score (nSPS) is 21.9. The first kappa shape index (κ1) is 17.7. The average molecular weight is 311 g/mol. The molecule has 0 radical (unpaired) electrons. The molecule has 0 aromatic rings. The number of nitrogens with zero attached hydrogens (tertiary/aromatic N) is 2. The molecule has 0 aliphatic carbocycles. The van der Waals surface area contributed by atoms with Gasteiger partial charge in [0.05, 0.1) is 12.7 Å². The molecule has 1 N–H and O–H groups in total. The second-order valence-electron chi connectivity index (χ2n) is 6.63. The van der Waals surface area contributed by atoms with E-state index in [0.717, 1.165) is 65.3 Å². The summed E-state index contributed by atoms with van der Waals surface area (Å²) in [5.74, 6) is 1.05. The topological polar surface area (TPSA) is 44.8 Å². The quantitative estimate of drug-likeness (QED) is 0.731. The van der Waals surface area contributed by atoms with Crippen molar-refractivity contribution < 1.29 is 9.53 Å². The Morgan fingerprint density at radius 3 is 2.41 bits per heavy atom. The van der Waals surface area contributed by atoms with Crippen molar-refractivity contribution in [1.29, 1.82) is 0 Å². The number of nitrogens with one attached hydrogen (secondary N) is 1. The zero-order valence-electron chi connectivity index (χ0n) is 14.5. The van der Waals surface area contributed by atoms with Gasteiger partial charge in [0.15, 0.2) is 0 Å². The fourth-order valence-corrected chi connectivity index (χ4v) is 3.29. The number of rotatable bonds is 8. The van der Waals surface area contributed by atoms with E-state index in [9.17, 15) is 4.79 Å². The SMILES string of the molecule is CCN(CC)CCOC1CCN(C(=O)C(C)C2CNC2)CC1. The van der Waals surface area contributed by atoms with Crippen LogP contribution in [0.1, 0.15) is 33.6 Å². The van der Waals surface area contributed by atoms with E-state index in [0.29, 0.717) is 17.9 Å². The molecule has 0 spiro atoms. The fraction of sp³-hybridized carbons (Fsp3) is 0.941. The van der Waals surface area contributed by atoms with E-state index in [1.165, 1.54) is 0 Å². The molecule has 2 fully saturated rings. The van der Waals surface area contributed by atoms with E-state index in [1.807, 2.05) is 4.90 Å². The highest BCUT2D eigenvalue weighted by Gasteiger charge is 2.33. The van der Waals surface area contributed by atoms with E-state index in [2.05, 4.69) is 31.0 Å². The number of ether oxygens (including phenoxy) is 1. The summed E-state index contributed by atoms with van der Waals surface area (Å²) in [4.78, 5) is 16.9. The van der Waals surface area contributed by atoms with Gasteiger partial charge in [-0.05, 0) is 44.9 Å². The van der Waals surface area contributed by atoms with Crippen LogP contribution in [0.4, 0.5) is 0 Å². The van der Waals surface area contributed by atoms with Gasteiger partial charge in [-0.1, -0.05) is 20.8 Å². The van der Waals surface area contributed by atoms with Crippen LogP contribution in [-0.4, -0.2) is 74.2 Å². The van der Waals surface area contributed by atoms with E-state index in [4.69, 9.17) is 4.74 Å². The Balaban J connectivity index is 1.63. The molecule has 1 unspecified atom stereocenters. The van der Waals surface area contributed by atoms with Gasteiger partial charge >= 0.3 is 0 Å². The number of amides is 1. The standard InChI is InChI=1S/C17H33N3O2/c1-4-19(5-2)10-11-22-16-6-8-20(9-7-16)17(21)14(3)15-12-18-13-15/h14-16,18H,4-13H2,1-3H3. The third kappa shape index (κ3) is 4.67. The lowest BCUT2D eigenvalue weighted by Crippen LogP contribution is -2.52. The first-order valence-electron chi connectivity index (χ1n) is 8.99. The van der Waals surface area contributed by atoms with Crippen LogP contribution in [0, 0.1) is 11.8 Å². The molecule has 2 aliphatic rings. The molecule has 1 amide bonds. The van der Waals surface area contributed by atoms with E-state index < -0.39 is 0 Å².